The van der Waals surface area contributed by atoms with Gasteiger partial charge >= 0.3 is 0 Å². The highest BCUT2D eigenvalue weighted by atomic mass is 19.2. The van der Waals surface area contributed by atoms with Gasteiger partial charge in [0.2, 0.25) is 5.82 Å². The summed E-state index contributed by atoms with van der Waals surface area (Å²) >= 11 is 0. The van der Waals surface area contributed by atoms with Crippen LogP contribution in [0.1, 0.15) is 17.0 Å². The maximum Gasteiger partial charge on any atom is 0.291 e. The highest BCUT2D eigenvalue weighted by Gasteiger charge is 2.29. The van der Waals surface area contributed by atoms with E-state index >= 15 is 0 Å². The predicted octanol–water partition coefficient (Wildman–Crippen LogP) is 4.69. The molecule has 1 aliphatic heterocycles. The number of hydrogen-bond acceptors (Lipinski definition) is 4. The van der Waals surface area contributed by atoms with Gasteiger partial charge in [0.1, 0.15) is 5.76 Å². The number of nitrogens with one attached hydrogen (secondary N) is 2. The van der Waals surface area contributed by atoms with Crippen LogP contribution in [0.25, 0.3) is 11.3 Å². The van der Waals surface area contributed by atoms with Crippen molar-refractivity contribution < 1.29 is 31.2 Å². The molecule has 3 aromatic rings. The standard InChI is InChI=1S/C22H18F5N3O2/c1-28-12-8-9-30(10-12)13-4-2-11(3-5-13)29-22(31)15-7-6-14(32-15)16-17(23)19(25)21(27)20(26)18(16)24/h2-7,12,28H,8-10H2,1H3,(H,29,31). The average Bonchev–Trinajstić information content (AvgIpc) is 3.47. The quantitative estimate of drug-likeness (QED) is 0.336. The molecule has 0 spiro atoms. The lowest BCUT2D eigenvalue weighted by Crippen LogP contribution is -2.29. The van der Waals surface area contributed by atoms with Crippen molar-refractivity contribution in [2.45, 2.75) is 12.5 Å². The van der Waals surface area contributed by atoms with Gasteiger partial charge in [-0.3, -0.25) is 4.79 Å². The van der Waals surface area contributed by atoms with Gasteiger partial charge in [-0.05, 0) is 49.9 Å². The first-order chi connectivity index (χ1) is 15.3. The van der Waals surface area contributed by atoms with Gasteiger partial charge in [0.25, 0.3) is 5.91 Å². The molecule has 1 saturated heterocycles. The molecule has 1 atom stereocenters. The minimum atomic E-state index is -2.27. The molecular weight excluding hydrogens is 433 g/mol. The zero-order valence-electron chi connectivity index (χ0n) is 16.8. The van der Waals surface area contributed by atoms with Gasteiger partial charge in [-0.15, -0.1) is 0 Å². The predicted molar refractivity (Wildman–Crippen MR) is 108 cm³/mol. The lowest BCUT2D eigenvalue weighted by molar-refractivity contribution is 0.0997. The molecule has 1 amide bonds. The van der Waals surface area contributed by atoms with Crippen LogP contribution in [0.4, 0.5) is 33.3 Å². The summed E-state index contributed by atoms with van der Waals surface area (Å²) in [7, 11) is 1.92. The minimum absolute atomic E-state index is 0.357. The first-order valence-electron chi connectivity index (χ1n) is 9.75. The lowest BCUT2D eigenvalue weighted by atomic mass is 10.1. The van der Waals surface area contributed by atoms with E-state index in [9.17, 15) is 26.7 Å². The first-order valence-corrected chi connectivity index (χ1v) is 9.75. The van der Waals surface area contributed by atoms with Crippen molar-refractivity contribution in [1.29, 1.82) is 0 Å². The molecule has 168 valence electrons. The Labute approximate surface area is 179 Å². The smallest absolute Gasteiger partial charge is 0.291 e. The SMILES string of the molecule is CNC1CCN(c2ccc(NC(=O)c3ccc(-c4c(F)c(F)c(F)c(F)c4F)o3)cc2)C1. The molecule has 0 bridgehead atoms. The number of anilines is 2. The number of rotatable bonds is 5. The fourth-order valence-electron chi connectivity index (χ4n) is 3.59. The number of halogens is 5. The molecule has 32 heavy (non-hydrogen) atoms. The maximum atomic E-state index is 14.0. The van der Waals surface area contributed by atoms with E-state index in [0.29, 0.717) is 11.7 Å². The zero-order valence-corrected chi connectivity index (χ0v) is 16.8. The largest absolute Gasteiger partial charge is 0.451 e. The van der Waals surface area contributed by atoms with Crippen molar-refractivity contribution in [1.82, 2.24) is 5.32 Å². The van der Waals surface area contributed by atoms with E-state index in [2.05, 4.69) is 15.5 Å². The molecule has 1 aromatic heterocycles. The Kier molecular flexibility index (Phi) is 5.88. The van der Waals surface area contributed by atoms with Crippen LogP contribution in [-0.2, 0) is 0 Å². The molecule has 2 aromatic carbocycles. The van der Waals surface area contributed by atoms with Crippen LogP contribution >= 0.6 is 0 Å². The molecule has 1 unspecified atom stereocenters. The molecule has 1 fully saturated rings. The van der Waals surface area contributed by atoms with Gasteiger partial charge in [0.15, 0.2) is 29.0 Å². The van der Waals surface area contributed by atoms with E-state index in [-0.39, 0.29) is 5.76 Å². The van der Waals surface area contributed by atoms with Gasteiger partial charge in [0.05, 0.1) is 5.56 Å². The van der Waals surface area contributed by atoms with E-state index in [0.717, 1.165) is 37.3 Å². The topological polar surface area (TPSA) is 57.5 Å². The summed E-state index contributed by atoms with van der Waals surface area (Å²) in [6.45, 7) is 1.78. The van der Waals surface area contributed by atoms with Crippen LogP contribution in [0.2, 0.25) is 0 Å². The molecule has 1 aliphatic rings. The molecule has 2 heterocycles. The van der Waals surface area contributed by atoms with Gasteiger partial charge < -0.3 is 20.0 Å². The first kappa shape index (κ1) is 21.8. The molecule has 4 rings (SSSR count). The van der Waals surface area contributed by atoms with Gasteiger partial charge in [-0.1, -0.05) is 0 Å². The highest BCUT2D eigenvalue weighted by Crippen LogP contribution is 2.33. The number of amides is 1. The van der Waals surface area contributed by atoms with Crippen LogP contribution in [0.15, 0.2) is 40.8 Å². The zero-order chi connectivity index (χ0) is 23.0. The highest BCUT2D eigenvalue weighted by molar-refractivity contribution is 6.02. The van der Waals surface area contributed by atoms with Crippen molar-refractivity contribution >= 4 is 17.3 Å². The fourth-order valence-corrected chi connectivity index (χ4v) is 3.59. The van der Waals surface area contributed by atoms with E-state index in [1.807, 2.05) is 19.2 Å². The Hall–Kier alpha value is -3.40. The number of hydrogen-bond donors (Lipinski definition) is 2. The van der Waals surface area contributed by atoms with Crippen LogP contribution in [-0.4, -0.2) is 32.1 Å². The van der Waals surface area contributed by atoms with Crippen molar-refractivity contribution in [2.75, 3.05) is 30.4 Å². The summed E-state index contributed by atoms with van der Waals surface area (Å²) in [6, 6.07) is 9.52. The third-order valence-electron chi connectivity index (χ3n) is 5.37. The molecular formula is C22H18F5N3O2. The molecule has 2 N–H and O–H groups in total. The maximum absolute atomic E-state index is 14.0. The Morgan fingerprint density at radius 1 is 0.938 bits per heavy atom. The summed E-state index contributed by atoms with van der Waals surface area (Å²) in [6.07, 6.45) is 1.03. The van der Waals surface area contributed by atoms with E-state index in [4.69, 9.17) is 4.42 Å². The fraction of sp³-hybridized carbons (Fsp3) is 0.227. The van der Waals surface area contributed by atoms with Crippen LogP contribution in [0.5, 0.6) is 0 Å². The second-order valence-electron chi connectivity index (χ2n) is 7.33. The molecule has 10 heteroatoms. The number of benzene rings is 2. The van der Waals surface area contributed by atoms with Crippen molar-refractivity contribution in [2.24, 2.45) is 0 Å². The number of carbonyl (C=O) groups excluding carboxylic acids is 1. The van der Waals surface area contributed by atoms with Crippen molar-refractivity contribution in [3.8, 4) is 11.3 Å². The Morgan fingerprint density at radius 2 is 1.56 bits per heavy atom. The summed E-state index contributed by atoms with van der Waals surface area (Å²) in [4.78, 5) is 14.6. The van der Waals surface area contributed by atoms with E-state index in [1.165, 1.54) is 0 Å². The molecule has 0 saturated carbocycles. The number of likely N-dealkylation sites (N-methyl/N-ethyl adjacent to an activating group) is 1. The minimum Gasteiger partial charge on any atom is -0.451 e. The Bertz CT molecular complexity index is 1130. The van der Waals surface area contributed by atoms with Gasteiger partial charge in [-0.2, -0.15) is 0 Å². The van der Waals surface area contributed by atoms with E-state index < -0.39 is 46.3 Å². The third-order valence-corrected chi connectivity index (χ3v) is 5.37. The van der Waals surface area contributed by atoms with E-state index in [1.54, 1.807) is 12.1 Å². The second-order valence-corrected chi connectivity index (χ2v) is 7.33. The Morgan fingerprint density at radius 3 is 2.16 bits per heavy atom. The Balaban J connectivity index is 1.50. The van der Waals surface area contributed by atoms with Crippen molar-refractivity contribution in [3.63, 3.8) is 0 Å². The average molecular weight is 451 g/mol. The lowest BCUT2D eigenvalue weighted by Gasteiger charge is -2.19. The summed E-state index contributed by atoms with van der Waals surface area (Å²) in [5.41, 5.74) is 0.194. The molecule has 0 radical (unpaired) electrons. The van der Waals surface area contributed by atoms with Crippen molar-refractivity contribution in [3.05, 3.63) is 71.2 Å². The van der Waals surface area contributed by atoms with Crippen LogP contribution in [0, 0.1) is 29.1 Å². The third kappa shape index (κ3) is 3.93. The molecule has 0 aliphatic carbocycles. The van der Waals surface area contributed by atoms with Crippen LogP contribution < -0.4 is 15.5 Å². The molecule has 5 nitrogen and oxygen atoms in total. The van der Waals surface area contributed by atoms with Gasteiger partial charge in [-0.25, -0.2) is 22.0 Å². The number of nitrogens with zero attached hydrogens (tertiary/aromatic N) is 1. The monoisotopic (exact) mass is 451 g/mol. The second kappa shape index (κ2) is 8.62. The van der Waals surface area contributed by atoms with Crippen LogP contribution in [0.3, 0.4) is 0 Å². The number of furan rings is 1. The normalized spacial score (nSPS) is 15.9. The van der Waals surface area contributed by atoms with Gasteiger partial charge in [0, 0.05) is 30.5 Å². The number of carbonyl (C=O) groups is 1. The summed E-state index contributed by atoms with van der Waals surface area (Å²) < 4.78 is 73.1. The summed E-state index contributed by atoms with van der Waals surface area (Å²) in [5.74, 6) is -12.3. The summed E-state index contributed by atoms with van der Waals surface area (Å²) in [5, 5.41) is 5.80.